The molecule has 0 bridgehead atoms. The third kappa shape index (κ3) is 5.42. The summed E-state index contributed by atoms with van der Waals surface area (Å²) in [4.78, 5) is 12.5. The molecule has 1 fully saturated rings. The number of nitrogens with one attached hydrogen (secondary N) is 1. The predicted octanol–water partition coefficient (Wildman–Crippen LogP) is 4.50. The van der Waals surface area contributed by atoms with E-state index in [1.165, 1.54) is 16.4 Å². The van der Waals surface area contributed by atoms with Crippen LogP contribution in [0.15, 0.2) is 45.8 Å². The summed E-state index contributed by atoms with van der Waals surface area (Å²) in [5.41, 5.74) is 2.41. The number of carbonyl (C=O) groups excluding carboxylic acids is 1. The number of anilines is 1. The van der Waals surface area contributed by atoms with E-state index in [2.05, 4.69) is 28.2 Å². The predicted molar refractivity (Wildman–Crippen MR) is 121 cm³/mol. The highest BCUT2D eigenvalue weighted by Gasteiger charge is 2.27. The molecule has 1 heterocycles. The van der Waals surface area contributed by atoms with E-state index in [1.54, 1.807) is 12.1 Å². The smallest absolute Gasteiger partial charge is 0.262 e. The van der Waals surface area contributed by atoms with Gasteiger partial charge in [-0.2, -0.15) is 4.31 Å². The third-order valence-electron chi connectivity index (χ3n) is 5.29. The Balaban J connectivity index is 1.59. The molecule has 0 atom stereocenters. The molecule has 1 amide bonds. The molecule has 1 aliphatic rings. The van der Waals surface area contributed by atoms with Crippen molar-refractivity contribution in [2.45, 2.75) is 38.5 Å². The number of aryl methyl sites for hydroxylation is 2. The molecule has 6 nitrogen and oxygen atoms in total. The van der Waals surface area contributed by atoms with Crippen molar-refractivity contribution >= 4 is 37.5 Å². The molecule has 0 unspecified atom stereocenters. The Kier molecular flexibility index (Phi) is 7.21. The van der Waals surface area contributed by atoms with Crippen LogP contribution in [0, 0.1) is 19.8 Å². The van der Waals surface area contributed by atoms with Crippen molar-refractivity contribution in [1.29, 1.82) is 0 Å². The first kappa shape index (κ1) is 22.8. The average molecular weight is 495 g/mol. The summed E-state index contributed by atoms with van der Waals surface area (Å²) < 4.78 is 33.8. The lowest BCUT2D eigenvalue weighted by atomic mass is 10.0. The van der Waals surface area contributed by atoms with E-state index in [9.17, 15) is 13.2 Å². The van der Waals surface area contributed by atoms with Crippen LogP contribution < -0.4 is 10.1 Å². The van der Waals surface area contributed by atoms with Crippen LogP contribution in [0.2, 0.25) is 0 Å². The van der Waals surface area contributed by atoms with E-state index in [-0.39, 0.29) is 17.4 Å². The molecule has 8 heteroatoms. The van der Waals surface area contributed by atoms with Gasteiger partial charge < -0.3 is 10.1 Å². The van der Waals surface area contributed by atoms with Crippen LogP contribution in [0.25, 0.3) is 0 Å². The zero-order valence-electron chi connectivity index (χ0n) is 17.4. The Hall–Kier alpha value is -1.90. The number of carbonyl (C=O) groups is 1. The quantitative estimate of drug-likeness (QED) is 0.640. The van der Waals surface area contributed by atoms with Crippen LogP contribution in [0.4, 0.5) is 5.69 Å². The minimum Gasteiger partial charge on any atom is -0.483 e. The van der Waals surface area contributed by atoms with Crippen LogP contribution in [0.3, 0.4) is 0 Å². The number of sulfonamides is 1. The van der Waals surface area contributed by atoms with Gasteiger partial charge in [0.05, 0.1) is 4.90 Å². The summed E-state index contributed by atoms with van der Waals surface area (Å²) in [6, 6.07) is 10.1. The van der Waals surface area contributed by atoms with Gasteiger partial charge >= 0.3 is 0 Å². The molecule has 0 aromatic heterocycles. The number of halogens is 1. The van der Waals surface area contributed by atoms with Crippen LogP contribution >= 0.6 is 15.9 Å². The van der Waals surface area contributed by atoms with Crippen molar-refractivity contribution in [3.05, 3.63) is 52.0 Å². The molecule has 1 aliphatic heterocycles. The number of amides is 1. The fourth-order valence-corrected chi connectivity index (χ4v) is 5.70. The van der Waals surface area contributed by atoms with Crippen molar-refractivity contribution in [3.8, 4) is 5.75 Å². The zero-order chi connectivity index (χ0) is 21.9. The summed E-state index contributed by atoms with van der Waals surface area (Å²) >= 11 is 3.44. The molecule has 0 radical (unpaired) electrons. The van der Waals surface area contributed by atoms with Gasteiger partial charge in [-0.15, -0.1) is 0 Å². The highest BCUT2D eigenvalue weighted by molar-refractivity contribution is 9.10. The molecule has 1 N–H and O–H groups in total. The van der Waals surface area contributed by atoms with Crippen molar-refractivity contribution in [2.75, 3.05) is 25.0 Å². The van der Waals surface area contributed by atoms with Gasteiger partial charge in [0.15, 0.2) is 6.61 Å². The van der Waals surface area contributed by atoms with Crippen molar-refractivity contribution in [2.24, 2.45) is 5.92 Å². The van der Waals surface area contributed by atoms with Gasteiger partial charge in [-0.3, -0.25) is 4.79 Å². The van der Waals surface area contributed by atoms with Crippen molar-refractivity contribution < 1.29 is 17.9 Å². The van der Waals surface area contributed by atoms with Crippen LogP contribution in [-0.2, 0) is 14.8 Å². The van der Waals surface area contributed by atoms with E-state index < -0.39 is 10.0 Å². The van der Waals surface area contributed by atoms with Crippen LogP contribution in [-0.4, -0.2) is 38.3 Å². The first-order valence-electron chi connectivity index (χ1n) is 9.96. The van der Waals surface area contributed by atoms with Crippen molar-refractivity contribution in [1.82, 2.24) is 4.31 Å². The second-order valence-corrected chi connectivity index (χ2v) is 10.7. The Morgan fingerprint density at radius 1 is 1.13 bits per heavy atom. The molecule has 162 valence electrons. The summed E-state index contributed by atoms with van der Waals surface area (Å²) in [5.74, 6) is 0.934. The number of piperidine rings is 1. The normalized spacial score (nSPS) is 15.7. The minimum atomic E-state index is -3.50. The second-order valence-electron chi connectivity index (χ2n) is 7.82. The number of nitrogens with zero attached hydrogens (tertiary/aromatic N) is 1. The number of benzene rings is 2. The number of ether oxygens (including phenoxy) is 1. The van der Waals surface area contributed by atoms with Gasteiger partial charge in [-0.25, -0.2) is 8.42 Å². The highest BCUT2D eigenvalue weighted by atomic mass is 79.9. The molecular formula is C22H27BrN2O4S. The van der Waals surface area contributed by atoms with E-state index in [4.69, 9.17) is 4.74 Å². The van der Waals surface area contributed by atoms with Gasteiger partial charge in [0.2, 0.25) is 10.0 Å². The Labute approximate surface area is 186 Å². The van der Waals surface area contributed by atoms with E-state index in [0.717, 1.165) is 28.4 Å². The maximum Gasteiger partial charge on any atom is 0.262 e. The molecule has 3 rings (SSSR count). The van der Waals surface area contributed by atoms with E-state index >= 15 is 0 Å². The highest BCUT2D eigenvalue weighted by Crippen LogP contribution is 2.27. The topological polar surface area (TPSA) is 75.7 Å². The monoisotopic (exact) mass is 494 g/mol. The van der Waals surface area contributed by atoms with Gasteiger partial charge in [-0.05, 0) is 80.1 Å². The molecular weight excluding hydrogens is 468 g/mol. The maximum absolute atomic E-state index is 12.8. The number of rotatable bonds is 6. The SMILES string of the molecule is Cc1cc(Br)cc(C)c1OCC(=O)Nc1ccc(S(=O)(=O)N2CCC(C)CC2)cc1. The molecule has 0 aliphatic carbocycles. The van der Waals surface area contributed by atoms with Gasteiger partial charge in [0.25, 0.3) is 5.91 Å². The molecule has 2 aromatic carbocycles. The lowest BCUT2D eigenvalue weighted by Crippen LogP contribution is -2.37. The standard InChI is InChI=1S/C22H27BrN2O4S/c1-15-8-10-25(11-9-15)30(27,28)20-6-4-19(5-7-20)24-21(26)14-29-22-16(2)12-18(23)13-17(22)3/h4-7,12-13,15H,8-11,14H2,1-3H3,(H,24,26). The van der Waals surface area contributed by atoms with Crippen LogP contribution in [0.5, 0.6) is 5.75 Å². The number of hydrogen-bond acceptors (Lipinski definition) is 4. The maximum atomic E-state index is 12.8. The summed E-state index contributed by atoms with van der Waals surface area (Å²) in [6.45, 7) is 6.96. The first-order chi connectivity index (χ1) is 14.2. The van der Waals surface area contributed by atoms with Gasteiger partial charge in [0, 0.05) is 23.2 Å². The van der Waals surface area contributed by atoms with Crippen LogP contribution in [0.1, 0.15) is 30.9 Å². The Morgan fingerprint density at radius 2 is 1.70 bits per heavy atom. The molecule has 30 heavy (non-hydrogen) atoms. The lowest BCUT2D eigenvalue weighted by molar-refractivity contribution is -0.118. The number of hydrogen-bond donors (Lipinski definition) is 1. The summed E-state index contributed by atoms with van der Waals surface area (Å²) in [7, 11) is -3.50. The van der Waals surface area contributed by atoms with Gasteiger partial charge in [0.1, 0.15) is 5.75 Å². The van der Waals surface area contributed by atoms with E-state index in [0.29, 0.717) is 30.4 Å². The fourth-order valence-electron chi connectivity index (χ4n) is 3.54. The fraction of sp³-hybridized carbons (Fsp3) is 0.409. The lowest BCUT2D eigenvalue weighted by Gasteiger charge is -2.29. The summed E-state index contributed by atoms with van der Waals surface area (Å²) in [6.07, 6.45) is 1.76. The van der Waals surface area contributed by atoms with E-state index in [1.807, 2.05) is 26.0 Å². The summed E-state index contributed by atoms with van der Waals surface area (Å²) in [5, 5.41) is 2.74. The largest absolute Gasteiger partial charge is 0.483 e. The minimum absolute atomic E-state index is 0.130. The molecule has 0 saturated carbocycles. The first-order valence-corrected chi connectivity index (χ1v) is 12.2. The third-order valence-corrected chi connectivity index (χ3v) is 7.66. The van der Waals surface area contributed by atoms with Gasteiger partial charge in [-0.1, -0.05) is 22.9 Å². The molecule has 0 spiro atoms. The average Bonchev–Trinajstić information content (AvgIpc) is 2.68. The Bertz CT molecular complexity index is 991. The van der Waals surface area contributed by atoms with Crippen molar-refractivity contribution in [3.63, 3.8) is 0 Å². The second kappa shape index (κ2) is 9.49. The zero-order valence-corrected chi connectivity index (χ0v) is 19.8. The Morgan fingerprint density at radius 3 is 2.27 bits per heavy atom. The molecule has 2 aromatic rings. The molecule has 1 saturated heterocycles.